The molecular weight excluding hydrogens is 250 g/mol. The maximum atomic E-state index is 10.5. The van der Waals surface area contributed by atoms with Gasteiger partial charge in [-0.25, -0.2) is 0 Å². The van der Waals surface area contributed by atoms with Crippen molar-refractivity contribution in [3.05, 3.63) is 0 Å². The summed E-state index contributed by atoms with van der Waals surface area (Å²) in [6, 6.07) is 0.642. The summed E-state index contributed by atoms with van der Waals surface area (Å²) in [4.78, 5) is 2.57. The maximum absolute atomic E-state index is 10.5. The molecule has 5 unspecified atom stereocenters. The van der Waals surface area contributed by atoms with Crippen molar-refractivity contribution in [3.63, 3.8) is 0 Å². The smallest absolute Gasteiger partial charge is 0.0589 e. The number of aliphatic hydroxyl groups is 1. The molecule has 0 radical (unpaired) electrons. The summed E-state index contributed by atoms with van der Waals surface area (Å²) < 4.78 is 5.28. The number of methoxy groups -OCH3 is 1. The molecule has 1 N–H and O–H groups in total. The molecule has 0 spiro atoms. The summed E-state index contributed by atoms with van der Waals surface area (Å²) in [5, 5.41) is 10.5. The monoisotopic (exact) mass is 283 g/mol. The van der Waals surface area contributed by atoms with Gasteiger partial charge in [0.25, 0.3) is 0 Å². The number of aliphatic hydroxyl groups excluding tert-OH is 1. The van der Waals surface area contributed by atoms with Crippen molar-refractivity contribution in [1.29, 1.82) is 0 Å². The Kier molecular flexibility index (Phi) is 5.88. The summed E-state index contributed by atoms with van der Waals surface area (Å²) in [6.45, 7) is 9.78. The van der Waals surface area contributed by atoms with Gasteiger partial charge in [-0.15, -0.1) is 0 Å². The van der Waals surface area contributed by atoms with Crippen LogP contribution in [0.2, 0.25) is 0 Å². The van der Waals surface area contributed by atoms with Gasteiger partial charge in [0.2, 0.25) is 0 Å². The van der Waals surface area contributed by atoms with Crippen LogP contribution in [0.5, 0.6) is 0 Å². The molecule has 3 heteroatoms. The quantitative estimate of drug-likeness (QED) is 0.780. The van der Waals surface area contributed by atoms with Gasteiger partial charge in [0.1, 0.15) is 0 Å². The molecule has 0 aromatic heterocycles. The third-order valence-electron chi connectivity index (χ3n) is 5.55. The van der Waals surface area contributed by atoms with E-state index >= 15 is 0 Å². The first kappa shape index (κ1) is 16.3. The highest BCUT2D eigenvalue weighted by molar-refractivity contribution is 4.90. The lowest BCUT2D eigenvalue weighted by Gasteiger charge is -2.41. The Labute approximate surface area is 124 Å². The summed E-state index contributed by atoms with van der Waals surface area (Å²) in [5.74, 6) is 2.61. The minimum atomic E-state index is -0.120. The molecule has 0 amide bonds. The molecule has 0 aromatic rings. The van der Waals surface area contributed by atoms with Gasteiger partial charge in [0.15, 0.2) is 0 Å². The van der Waals surface area contributed by atoms with Crippen LogP contribution in [0.15, 0.2) is 0 Å². The average Bonchev–Trinajstić information content (AvgIpc) is 3.20. The highest BCUT2D eigenvalue weighted by Gasteiger charge is 2.37. The Hall–Kier alpha value is -0.120. The van der Waals surface area contributed by atoms with Crippen molar-refractivity contribution in [2.45, 2.75) is 58.6 Å². The highest BCUT2D eigenvalue weighted by atomic mass is 16.5. The lowest BCUT2D eigenvalue weighted by Crippen LogP contribution is -2.47. The molecular formula is C17H33NO2. The molecule has 2 fully saturated rings. The third-order valence-corrected chi connectivity index (χ3v) is 5.55. The predicted octanol–water partition coefficient (Wildman–Crippen LogP) is 2.78. The standard InChI is InChI=1S/C17H33NO2/c1-12-9-13(2)16(17(19)10-12)11-18(7-8-20-4)14(3)15-5-6-15/h12-17,19H,5-11H2,1-4H3. The molecule has 118 valence electrons. The zero-order chi connectivity index (χ0) is 14.7. The van der Waals surface area contributed by atoms with Gasteiger partial charge in [0, 0.05) is 32.2 Å². The van der Waals surface area contributed by atoms with Crippen LogP contribution in [0.25, 0.3) is 0 Å². The summed E-state index contributed by atoms with van der Waals surface area (Å²) in [7, 11) is 1.78. The Morgan fingerprint density at radius 3 is 2.50 bits per heavy atom. The van der Waals surface area contributed by atoms with Crippen LogP contribution in [-0.4, -0.2) is 49.0 Å². The van der Waals surface area contributed by atoms with Gasteiger partial charge >= 0.3 is 0 Å². The SMILES string of the molecule is COCCN(CC1C(C)CC(C)CC1O)C(C)C1CC1. The Balaban J connectivity index is 1.94. The second-order valence-corrected chi connectivity index (χ2v) is 7.35. The van der Waals surface area contributed by atoms with E-state index < -0.39 is 0 Å². The van der Waals surface area contributed by atoms with Crippen LogP contribution in [0.1, 0.15) is 46.5 Å². The van der Waals surface area contributed by atoms with E-state index in [1.54, 1.807) is 7.11 Å². The van der Waals surface area contributed by atoms with Crippen molar-refractivity contribution in [3.8, 4) is 0 Å². The van der Waals surface area contributed by atoms with Gasteiger partial charge in [0.05, 0.1) is 12.7 Å². The zero-order valence-corrected chi connectivity index (χ0v) is 13.7. The molecule has 20 heavy (non-hydrogen) atoms. The molecule has 5 atom stereocenters. The van der Waals surface area contributed by atoms with Crippen LogP contribution in [0, 0.1) is 23.7 Å². The van der Waals surface area contributed by atoms with E-state index in [2.05, 4.69) is 25.7 Å². The Morgan fingerprint density at radius 2 is 1.95 bits per heavy atom. The normalized spacial score (nSPS) is 36.3. The summed E-state index contributed by atoms with van der Waals surface area (Å²) in [5.41, 5.74) is 0. The summed E-state index contributed by atoms with van der Waals surface area (Å²) >= 11 is 0. The van der Waals surface area contributed by atoms with E-state index in [9.17, 15) is 5.11 Å². The van der Waals surface area contributed by atoms with Crippen molar-refractivity contribution in [1.82, 2.24) is 4.90 Å². The van der Waals surface area contributed by atoms with Crippen LogP contribution in [0.3, 0.4) is 0 Å². The fraction of sp³-hybridized carbons (Fsp3) is 1.00. The Bertz CT molecular complexity index is 281. The van der Waals surface area contributed by atoms with Crippen molar-refractivity contribution in [2.24, 2.45) is 23.7 Å². The summed E-state index contributed by atoms with van der Waals surface area (Å²) in [6.07, 6.45) is 4.88. The van der Waals surface area contributed by atoms with Crippen LogP contribution in [-0.2, 0) is 4.74 Å². The zero-order valence-electron chi connectivity index (χ0n) is 13.7. The fourth-order valence-electron chi connectivity index (χ4n) is 3.99. The minimum Gasteiger partial charge on any atom is -0.393 e. The third kappa shape index (κ3) is 4.19. The molecule has 0 bridgehead atoms. The largest absolute Gasteiger partial charge is 0.393 e. The fourth-order valence-corrected chi connectivity index (χ4v) is 3.99. The predicted molar refractivity (Wildman–Crippen MR) is 82.7 cm³/mol. The lowest BCUT2D eigenvalue weighted by molar-refractivity contribution is -0.0137. The van der Waals surface area contributed by atoms with E-state index in [-0.39, 0.29) is 6.10 Å². The lowest BCUT2D eigenvalue weighted by atomic mass is 9.73. The highest BCUT2D eigenvalue weighted by Crippen LogP contribution is 2.38. The van der Waals surface area contributed by atoms with Gasteiger partial charge in [-0.3, -0.25) is 4.90 Å². The first-order valence-electron chi connectivity index (χ1n) is 8.44. The second-order valence-electron chi connectivity index (χ2n) is 7.35. The number of hydrogen-bond acceptors (Lipinski definition) is 3. The van der Waals surface area contributed by atoms with E-state index in [0.29, 0.717) is 23.8 Å². The van der Waals surface area contributed by atoms with E-state index in [0.717, 1.165) is 32.0 Å². The van der Waals surface area contributed by atoms with Gasteiger partial charge < -0.3 is 9.84 Å². The maximum Gasteiger partial charge on any atom is 0.0589 e. The van der Waals surface area contributed by atoms with E-state index in [4.69, 9.17) is 4.74 Å². The molecule has 2 aliphatic rings. The number of hydrogen-bond donors (Lipinski definition) is 1. The number of rotatable bonds is 7. The van der Waals surface area contributed by atoms with Crippen LogP contribution in [0.4, 0.5) is 0 Å². The molecule has 0 heterocycles. The second kappa shape index (κ2) is 7.24. The first-order chi connectivity index (χ1) is 9.52. The van der Waals surface area contributed by atoms with E-state index in [1.807, 2.05) is 0 Å². The van der Waals surface area contributed by atoms with Crippen LogP contribution >= 0.6 is 0 Å². The topological polar surface area (TPSA) is 32.7 Å². The minimum absolute atomic E-state index is 0.120. The van der Waals surface area contributed by atoms with Gasteiger partial charge in [-0.1, -0.05) is 13.8 Å². The Morgan fingerprint density at radius 1 is 1.25 bits per heavy atom. The van der Waals surface area contributed by atoms with Crippen molar-refractivity contribution < 1.29 is 9.84 Å². The van der Waals surface area contributed by atoms with Gasteiger partial charge in [-0.05, 0) is 50.4 Å². The van der Waals surface area contributed by atoms with E-state index in [1.165, 1.54) is 19.3 Å². The number of nitrogens with zero attached hydrogens (tertiary/aromatic N) is 1. The number of ether oxygens (including phenoxy) is 1. The molecule has 3 nitrogen and oxygen atoms in total. The van der Waals surface area contributed by atoms with Crippen molar-refractivity contribution in [2.75, 3.05) is 26.8 Å². The molecule has 2 saturated carbocycles. The average molecular weight is 283 g/mol. The molecule has 2 rings (SSSR count). The van der Waals surface area contributed by atoms with Crippen molar-refractivity contribution >= 4 is 0 Å². The van der Waals surface area contributed by atoms with Crippen LogP contribution < -0.4 is 0 Å². The molecule has 0 aliphatic heterocycles. The first-order valence-corrected chi connectivity index (χ1v) is 8.44. The molecule has 0 aromatic carbocycles. The molecule has 2 aliphatic carbocycles. The van der Waals surface area contributed by atoms with Gasteiger partial charge in [-0.2, -0.15) is 0 Å². The molecule has 0 saturated heterocycles.